The van der Waals surface area contributed by atoms with E-state index in [0.29, 0.717) is 22.9 Å². The van der Waals surface area contributed by atoms with Crippen LogP contribution in [0.15, 0.2) is 36.4 Å². The number of Topliss-reactive ketones (excluding diaryl/α,β-unsaturated/α-hetero) is 1. The van der Waals surface area contributed by atoms with E-state index in [1.807, 2.05) is 32.9 Å². The van der Waals surface area contributed by atoms with Crippen LogP contribution in [0.4, 0.5) is 0 Å². The fourth-order valence-corrected chi connectivity index (χ4v) is 3.22. The van der Waals surface area contributed by atoms with E-state index in [9.17, 15) is 14.4 Å². The van der Waals surface area contributed by atoms with Crippen LogP contribution in [0.2, 0.25) is 0 Å². The van der Waals surface area contributed by atoms with Crippen LogP contribution in [0.25, 0.3) is 0 Å². The average molecular weight is 402 g/mol. The summed E-state index contributed by atoms with van der Waals surface area (Å²) in [6.07, 6.45) is 0. The summed E-state index contributed by atoms with van der Waals surface area (Å²) in [5, 5.41) is 2.85. The maximum absolute atomic E-state index is 12.3. The number of ketones is 1. The van der Waals surface area contributed by atoms with E-state index in [1.165, 1.54) is 11.3 Å². The third kappa shape index (κ3) is 6.02. The molecule has 0 spiro atoms. The minimum absolute atomic E-state index is 0.0498. The maximum Gasteiger partial charge on any atom is 0.338 e. The van der Waals surface area contributed by atoms with E-state index in [-0.39, 0.29) is 18.3 Å². The molecule has 0 fully saturated rings. The number of ether oxygens (including phenoxy) is 1. The summed E-state index contributed by atoms with van der Waals surface area (Å²) in [7, 11) is 0. The second-order valence-electron chi connectivity index (χ2n) is 7.97. The van der Waals surface area contributed by atoms with Gasteiger partial charge in [-0.25, -0.2) is 4.79 Å². The molecule has 1 heterocycles. The summed E-state index contributed by atoms with van der Waals surface area (Å²) in [6, 6.07) is 10.7. The Bertz CT molecular complexity index is 844. The van der Waals surface area contributed by atoms with E-state index in [1.54, 1.807) is 24.3 Å². The van der Waals surface area contributed by atoms with E-state index in [4.69, 9.17) is 4.74 Å². The van der Waals surface area contributed by atoms with E-state index in [0.717, 1.165) is 10.4 Å². The minimum Gasteiger partial charge on any atom is -0.454 e. The van der Waals surface area contributed by atoms with Crippen molar-refractivity contribution in [3.8, 4) is 0 Å². The highest BCUT2D eigenvalue weighted by Crippen LogP contribution is 2.19. The number of nitrogens with one attached hydrogen (secondary N) is 1. The van der Waals surface area contributed by atoms with Crippen molar-refractivity contribution >= 4 is 29.0 Å². The van der Waals surface area contributed by atoms with Gasteiger partial charge in [-0.1, -0.05) is 46.8 Å². The molecular weight excluding hydrogens is 374 g/mol. The standard InChI is InChI=1S/C22H27NO4S/c1-14(2)15-6-8-16(9-7-15)20(25)27-13-18(24)19-11-10-17(28-19)12-23-21(26)22(3,4)5/h6-11,14H,12-13H2,1-5H3,(H,23,26). The van der Waals surface area contributed by atoms with Gasteiger partial charge in [0.1, 0.15) is 0 Å². The third-order valence-corrected chi connectivity index (χ3v) is 5.31. The molecule has 150 valence electrons. The molecule has 0 aliphatic rings. The van der Waals surface area contributed by atoms with Crippen LogP contribution in [0, 0.1) is 5.41 Å². The average Bonchev–Trinajstić information content (AvgIpc) is 3.12. The molecule has 2 rings (SSSR count). The predicted octanol–water partition coefficient (Wildman–Crippen LogP) is 4.57. The van der Waals surface area contributed by atoms with Crippen LogP contribution in [-0.4, -0.2) is 24.3 Å². The first-order valence-electron chi connectivity index (χ1n) is 9.25. The molecule has 6 heteroatoms. The molecular formula is C22H27NO4S. The lowest BCUT2D eigenvalue weighted by molar-refractivity contribution is -0.128. The van der Waals surface area contributed by atoms with Gasteiger partial charge in [-0.15, -0.1) is 11.3 Å². The molecule has 1 N–H and O–H groups in total. The molecule has 0 unspecified atom stereocenters. The molecule has 5 nitrogen and oxygen atoms in total. The first kappa shape index (κ1) is 21.8. The number of hydrogen-bond acceptors (Lipinski definition) is 5. The fraction of sp³-hybridized carbons (Fsp3) is 0.409. The van der Waals surface area contributed by atoms with Gasteiger partial charge >= 0.3 is 5.97 Å². The Hall–Kier alpha value is -2.47. The van der Waals surface area contributed by atoms with E-state index < -0.39 is 11.4 Å². The second kappa shape index (κ2) is 9.15. The number of thiophene rings is 1. The Morgan fingerprint density at radius 2 is 1.68 bits per heavy atom. The van der Waals surface area contributed by atoms with E-state index in [2.05, 4.69) is 19.2 Å². The van der Waals surface area contributed by atoms with Gasteiger partial charge in [0.05, 0.1) is 17.0 Å². The molecule has 0 bridgehead atoms. The number of esters is 1. The Kier molecular flexibility index (Phi) is 7.13. The summed E-state index contributed by atoms with van der Waals surface area (Å²) in [5.41, 5.74) is 1.10. The molecule has 0 aliphatic heterocycles. The zero-order chi connectivity index (χ0) is 20.9. The molecule has 2 aromatic rings. The zero-order valence-corrected chi connectivity index (χ0v) is 17.8. The van der Waals surface area contributed by atoms with Gasteiger partial charge in [-0.3, -0.25) is 9.59 Å². The van der Waals surface area contributed by atoms with Gasteiger partial charge in [0.25, 0.3) is 0 Å². The van der Waals surface area contributed by atoms with Gasteiger partial charge in [0, 0.05) is 10.3 Å². The van der Waals surface area contributed by atoms with Crippen molar-refractivity contribution < 1.29 is 19.1 Å². The lowest BCUT2D eigenvalue weighted by Crippen LogP contribution is -2.34. The van der Waals surface area contributed by atoms with Crippen molar-refractivity contribution in [1.82, 2.24) is 5.32 Å². The molecule has 0 saturated carbocycles. The number of hydrogen-bond donors (Lipinski definition) is 1. The van der Waals surface area contributed by atoms with Crippen LogP contribution in [0.5, 0.6) is 0 Å². The first-order valence-corrected chi connectivity index (χ1v) is 10.1. The van der Waals surface area contributed by atoms with Crippen LogP contribution in [0.1, 0.15) is 71.0 Å². The molecule has 0 saturated heterocycles. The van der Waals surface area contributed by atoms with Crippen molar-refractivity contribution in [2.75, 3.05) is 6.61 Å². The van der Waals surface area contributed by atoms with Gasteiger partial charge in [-0.2, -0.15) is 0 Å². The number of carbonyl (C=O) groups is 3. The summed E-state index contributed by atoms with van der Waals surface area (Å²) < 4.78 is 5.15. The largest absolute Gasteiger partial charge is 0.454 e. The van der Waals surface area contributed by atoms with Gasteiger partial charge in [0.15, 0.2) is 6.61 Å². The zero-order valence-electron chi connectivity index (χ0n) is 17.0. The highest BCUT2D eigenvalue weighted by Gasteiger charge is 2.21. The van der Waals surface area contributed by atoms with Crippen molar-refractivity contribution in [2.45, 2.75) is 47.1 Å². The van der Waals surface area contributed by atoms with Crippen LogP contribution in [-0.2, 0) is 16.1 Å². The molecule has 0 aliphatic carbocycles. The Labute approximate surface area is 170 Å². The van der Waals surface area contributed by atoms with Crippen molar-refractivity contribution in [3.63, 3.8) is 0 Å². The molecule has 28 heavy (non-hydrogen) atoms. The van der Waals surface area contributed by atoms with Gasteiger partial charge in [0.2, 0.25) is 11.7 Å². The fourth-order valence-electron chi connectivity index (χ4n) is 2.35. The summed E-state index contributed by atoms with van der Waals surface area (Å²) in [4.78, 5) is 37.7. The third-order valence-electron chi connectivity index (χ3n) is 4.19. The topological polar surface area (TPSA) is 72.5 Å². The lowest BCUT2D eigenvalue weighted by atomic mass is 9.96. The molecule has 1 aromatic carbocycles. The lowest BCUT2D eigenvalue weighted by Gasteiger charge is -2.17. The minimum atomic E-state index is -0.516. The predicted molar refractivity (Wildman–Crippen MR) is 111 cm³/mol. The normalized spacial score (nSPS) is 11.4. The monoisotopic (exact) mass is 401 g/mol. The SMILES string of the molecule is CC(C)c1ccc(C(=O)OCC(=O)c2ccc(CNC(=O)C(C)(C)C)s2)cc1. The Balaban J connectivity index is 1.87. The second-order valence-corrected chi connectivity index (χ2v) is 9.14. The van der Waals surface area contributed by atoms with Crippen molar-refractivity contribution in [1.29, 1.82) is 0 Å². The molecule has 0 atom stereocenters. The molecule has 1 aromatic heterocycles. The van der Waals surface area contributed by atoms with Crippen LogP contribution < -0.4 is 5.32 Å². The summed E-state index contributed by atoms with van der Waals surface area (Å²) >= 11 is 1.29. The quantitative estimate of drug-likeness (QED) is 0.545. The number of amides is 1. The van der Waals surface area contributed by atoms with Crippen LogP contribution >= 0.6 is 11.3 Å². The first-order chi connectivity index (χ1) is 13.1. The number of carbonyl (C=O) groups excluding carboxylic acids is 3. The van der Waals surface area contributed by atoms with Crippen LogP contribution in [0.3, 0.4) is 0 Å². The Morgan fingerprint density at radius 1 is 1.04 bits per heavy atom. The van der Waals surface area contributed by atoms with Gasteiger partial charge < -0.3 is 10.1 Å². The number of benzene rings is 1. The van der Waals surface area contributed by atoms with Gasteiger partial charge in [-0.05, 0) is 35.7 Å². The molecule has 1 amide bonds. The highest BCUT2D eigenvalue weighted by molar-refractivity contribution is 7.14. The smallest absolute Gasteiger partial charge is 0.338 e. The highest BCUT2D eigenvalue weighted by atomic mass is 32.1. The van der Waals surface area contributed by atoms with Crippen molar-refractivity contribution in [2.24, 2.45) is 5.41 Å². The molecule has 0 radical (unpaired) electrons. The maximum atomic E-state index is 12.3. The number of rotatable bonds is 7. The van der Waals surface area contributed by atoms with E-state index >= 15 is 0 Å². The summed E-state index contributed by atoms with van der Waals surface area (Å²) in [6.45, 7) is 9.75. The summed E-state index contributed by atoms with van der Waals surface area (Å²) in [5.74, 6) is -0.442. The Morgan fingerprint density at radius 3 is 2.25 bits per heavy atom. The van der Waals surface area contributed by atoms with Crippen molar-refractivity contribution in [3.05, 3.63) is 57.3 Å².